The molecule has 0 radical (unpaired) electrons. The first-order valence-electron chi connectivity index (χ1n) is 9.92. The van der Waals surface area contributed by atoms with Crippen LogP contribution in [0.25, 0.3) is 0 Å². The van der Waals surface area contributed by atoms with Crippen molar-refractivity contribution in [2.24, 2.45) is 17.8 Å². The first-order valence-corrected chi connectivity index (χ1v) is 9.92. The normalized spacial score (nSPS) is 32.7. The Labute approximate surface area is 161 Å². The van der Waals surface area contributed by atoms with Gasteiger partial charge in [-0.05, 0) is 40.0 Å². The molecule has 0 spiro atoms. The third kappa shape index (κ3) is 2.91. The molecule has 0 amide bonds. The van der Waals surface area contributed by atoms with Gasteiger partial charge in [0, 0.05) is 23.5 Å². The minimum atomic E-state index is -0.784. The van der Waals surface area contributed by atoms with Crippen LogP contribution in [0.3, 0.4) is 0 Å². The van der Waals surface area contributed by atoms with E-state index in [0.29, 0.717) is 6.42 Å². The van der Waals surface area contributed by atoms with E-state index in [1.54, 1.807) is 0 Å². The highest BCUT2D eigenvalue weighted by molar-refractivity contribution is 5.71. The summed E-state index contributed by atoms with van der Waals surface area (Å²) in [6.45, 7) is 12.3. The number of benzene rings is 1. The van der Waals surface area contributed by atoms with Crippen LogP contribution >= 0.6 is 0 Å². The molecule has 0 aromatic heterocycles. The molecule has 3 aliphatic rings. The molecule has 27 heavy (non-hydrogen) atoms. The number of rotatable bonds is 2. The standard InChI is InChI=1S/C22H30O5/c1-11(2)16-14(20(23)24)9-15-18(25-16)13-8-7-12-10-21(3,4)26-17(12)19(13)27-22(15,5)6/h7-8,11,14-16,18H,9-10H2,1-6H3,(H,23,24)/t14-,15-,16-,18+/m1/s1. The molecule has 1 saturated heterocycles. The van der Waals surface area contributed by atoms with E-state index in [1.807, 2.05) is 27.7 Å². The predicted octanol–water partition coefficient (Wildman–Crippen LogP) is 4.37. The lowest BCUT2D eigenvalue weighted by atomic mass is 9.70. The number of carbonyl (C=O) groups is 1. The van der Waals surface area contributed by atoms with Crippen molar-refractivity contribution in [1.29, 1.82) is 0 Å². The van der Waals surface area contributed by atoms with Crippen LogP contribution in [0, 0.1) is 17.8 Å². The van der Waals surface area contributed by atoms with Crippen LogP contribution in [0.4, 0.5) is 0 Å². The van der Waals surface area contributed by atoms with E-state index < -0.39 is 17.5 Å². The highest BCUT2D eigenvalue weighted by Crippen LogP contribution is 2.57. The Morgan fingerprint density at radius 1 is 1.15 bits per heavy atom. The third-order valence-electron chi connectivity index (χ3n) is 6.33. The van der Waals surface area contributed by atoms with E-state index in [2.05, 4.69) is 26.0 Å². The monoisotopic (exact) mass is 374 g/mol. The summed E-state index contributed by atoms with van der Waals surface area (Å²) in [5.41, 5.74) is 1.38. The van der Waals surface area contributed by atoms with E-state index in [-0.39, 0.29) is 29.6 Å². The second kappa shape index (κ2) is 5.87. The molecule has 1 N–H and O–H groups in total. The van der Waals surface area contributed by atoms with E-state index in [4.69, 9.17) is 14.2 Å². The summed E-state index contributed by atoms with van der Waals surface area (Å²) in [4.78, 5) is 11.9. The Hall–Kier alpha value is -1.75. The van der Waals surface area contributed by atoms with Crippen LogP contribution in [0.2, 0.25) is 0 Å². The Morgan fingerprint density at radius 2 is 1.85 bits per heavy atom. The number of hydrogen-bond donors (Lipinski definition) is 1. The summed E-state index contributed by atoms with van der Waals surface area (Å²) >= 11 is 0. The van der Waals surface area contributed by atoms with Crippen LogP contribution < -0.4 is 9.47 Å². The molecule has 1 fully saturated rings. The molecule has 3 aliphatic heterocycles. The van der Waals surface area contributed by atoms with E-state index >= 15 is 0 Å². The zero-order valence-electron chi connectivity index (χ0n) is 17.0. The van der Waals surface area contributed by atoms with Crippen molar-refractivity contribution in [3.05, 3.63) is 23.3 Å². The fraction of sp³-hybridized carbons (Fsp3) is 0.682. The van der Waals surface area contributed by atoms with E-state index in [0.717, 1.165) is 29.0 Å². The van der Waals surface area contributed by atoms with Crippen molar-refractivity contribution in [3.63, 3.8) is 0 Å². The molecule has 4 atom stereocenters. The number of ether oxygens (including phenoxy) is 3. The molecule has 0 aliphatic carbocycles. The zero-order chi connectivity index (χ0) is 19.7. The topological polar surface area (TPSA) is 65.0 Å². The summed E-state index contributed by atoms with van der Waals surface area (Å²) < 4.78 is 19.2. The van der Waals surface area contributed by atoms with Crippen molar-refractivity contribution in [3.8, 4) is 11.5 Å². The highest BCUT2D eigenvalue weighted by Gasteiger charge is 2.54. The van der Waals surface area contributed by atoms with Gasteiger partial charge in [0.2, 0.25) is 0 Å². The number of carboxylic acids is 1. The average Bonchev–Trinajstić information content (AvgIpc) is 2.88. The summed E-state index contributed by atoms with van der Waals surface area (Å²) in [5.74, 6) is 0.419. The Balaban J connectivity index is 1.79. The van der Waals surface area contributed by atoms with Crippen molar-refractivity contribution in [1.82, 2.24) is 0 Å². The smallest absolute Gasteiger partial charge is 0.309 e. The fourth-order valence-corrected chi connectivity index (χ4v) is 5.00. The van der Waals surface area contributed by atoms with E-state index in [9.17, 15) is 9.90 Å². The number of aliphatic carboxylic acids is 1. The largest absolute Gasteiger partial charge is 0.483 e. The van der Waals surface area contributed by atoms with Gasteiger partial charge in [-0.15, -0.1) is 0 Å². The third-order valence-corrected chi connectivity index (χ3v) is 6.33. The molecule has 5 nitrogen and oxygen atoms in total. The van der Waals surface area contributed by atoms with Gasteiger partial charge in [-0.25, -0.2) is 0 Å². The van der Waals surface area contributed by atoms with Crippen molar-refractivity contribution >= 4 is 5.97 Å². The maximum absolute atomic E-state index is 11.9. The summed E-state index contributed by atoms with van der Waals surface area (Å²) in [5, 5.41) is 9.76. The molecular weight excluding hydrogens is 344 g/mol. The molecule has 5 heteroatoms. The lowest BCUT2D eigenvalue weighted by molar-refractivity contribution is -0.196. The van der Waals surface area contributed by atoms with Crippen LogP contribution in [0.1, 0.15) is 65.2 Å². The maximum Gasteiger partial charge on any atom is 0.309 e. The van der Waals surface area contributed by atoms with Gasteiger partial charge >= 0.3 is 5.97 Å². The van der Waals surface area contributed by atoms with Crippen LogP contribution in [0.15, 0.2) is 12.1 Å². The lowest BCUT2D eigenvalue weighted by Gasteiger charge is -2.51. The number of fused-ring (bicyclic) bond motifs is 5. The van der Waals surface area contributed by atoms with Crippen LogP contribution in [0.5, 0.6) is 11.5 Å². The van der Waals surface area contributed by atoms with Gasteiger partial charge in [0.25, 0.3) is 0 Å². The van der Waals surface area contributed by atoms with Crippen LogP contribution in [-0.2, 0) is 16.0 Å². The molecule has 1 aromatic carbocycles. The molecule has 3 heterocycles. The molecule has 0 unspecified atom stereocenters. The SMILES string of the molecule is CC(C)[C@H]1O[C@H]2c3ccc4c(c3OC(C)(C)[C@@H]2C[C@H]1C(=O)O)OC(C)(C)C4. The summed E-state index contributed by atoms with van der Waals surface area (Å²) in [6, 6.07) is 4.20. The quantitative estimate of drug-likeness (QED) is 0.832. The minimum Gasteiger partial charge on any atom is -0.483 e. The van der Waals surface area contributed by atoms with Gasteiger partial charge in [0.15, 0.2) is 11.5 Å². The van der Waals surface area contributed by atoms with Gasteiger partial charge < -0.3 is 19.3 Å². The summed E-state index contributed by atoms with van der Waals surface area (Å²) in [6.07, 6.45) is 0.920. The van der Waals surface area contributed by atoms with Crippen molar-refractivity contribution in [2.45, 2.75) is 77.8 Å². The number of hydrogen-bond acceptors (Lipinski definition) is 4. The Bertz CT molecular complexity index is 779. The number of carboxylic acid groups (broad SMARTS) is 1. The summed E-state index contributed by atoms with van der Waals surface area (Å²) in [7, 11) is 0. The molecule has 0 saturated carbocycles. The van der Waals surface area contributed by atoms with Gasteiger partial charge in [-0.2, -0.15) is 0 Å². The molecule has 0 bridgehead atoms. The van der Waals surface area contributed by atoms with Crippen LogP contribution in [-0.4, -0.2) is 28.4 Å². The van der Waals surface area contributed by atoms with Gasteiger partial charge in [0.1, 0.15) is 11.2 Å². The van der Waals surface area contributed by atoms with E-state index in [1.165, 1.54) is 0 Å². The molecule has 1 aromatic rings. The average molecular weight is 374 g/mol. The lowest BCUT2D eigenvalue weighted by Crippen LogP contribution is -2.53. The van der Waals surface area contributed by atoms with Gasteiger partial charge in [-0.3, -0.25) is 4.79 Å². The Kier molecular flexibility index (Phi) is 4.05. The Morgan fingerprint density at radius 3 is 2.48 bits per heavy atom. The fourth-order valence-electron chi connectivity index (χ4n) is 5.00. The van der Waals surface area contributed by atoms with Crippen molar-refractivity contribution < 1.29 is 24.1 Å². The predicted molar refractivity (Wildman–Crippen MR) is 101 cm³/mol. The maximum atomic E-state index is 11.9. The molecule has 148 valence electrons. The zero-order valence-corrected chi connectivity index (χ0v) is 17.0. The second-order valence-electron chi connectivity index (χ2n) is 9.77. The minimum absolute atomic E-state index is 0.0198. The second-order valence-corrected chi connectivity index (χ2v) is 9.77. The highest BCUT2D eigenvalue weighted by atomic mass is 16.6. The van der Waals surface area contributed by atoms with Crippen molar-refractivity contribution in [2.75, 3.05) is 0 Å². The first-order chi connectivity index (χ1) is 12.5. The van der Waals surface area contributed by atoms with Gasteiger partial charge in [0.05, 0.1) is 18.1 Å². The molecular formula is C22H30O5. The molecule has 4 rings (SSSR count). The van der Waals surface area contributed by atoms with Gasteiger partial charge in [-0.1, -0.05) is 26.0 Å². The first kappa shape index (κ1) is 18.6.